The molecule has 0 unspecified atom stereocenters. The lowest BCUT2D eigenvalue weighted by atomic mass is 10.2. The summed E-state index contributed by atoms with van der Waals surface area (Å²) in [7, 11) is 0. The van der Waals surface area contributed by atoms with Gasteiger partial charge < -0.3 is 7.58 Å². The van der Waals surface area contributed by atoms with Crippen molar-refractivity contribution in [1.29, 1.82) is 0 Å². The second-order valence-electron chi connectivity index (χ2n) is 2.37. The normalized spacial score (nSPS) is 27.1. The molecule has 1 rings (SSSR count). The Morgan fingerprint density at radius 2 is 2.29 bits per heavy atom. The molecule has 1 aliphatic rings. The number of rotatable bonds is 0. The largest absolute Gasteiger partial charge is 0.650 e. The van der Waals surface area contributed by atoms with E-state index in [0.29, 0.717) is 0 Å². The minimum atomic E-state index is -0.561. The Hall–Kier alpha value is 0.452. The van der Waals surface area contributed by atoms with E-state index in [1.165, 1.54) is 0 Å². The topological polar surface area (TPSA) is 18.5 Å². The molecule has 0 bridgehead atoms. The molecule has 0 aromatic rings. The van der Waals surface area contributed by atoms with E-state index >= 15 is 0 Å². The molecule has 0 N–H and O–H groups in total. The summed E-state index contributed by atoms with van der Waals surface area (Å²) in [6.07, 6.45) is 0. The van der Waals surface area contributed by atoms with Gasteiger partial charge in [-0.05, 0) is 13.8 Å². The zero-order chi connectivity index (χ0) is 5.33. The van der Waals surface area contributed by atoms with E-state index in [1.54, 1.807) is 0 Å². The van der Waals surface area contributed by atoms with Gasteiger partial charge in [-0.15, -0.1) is 0 Å². The number of hydrogen-bond donors (Lipinski definition) is 0. The maximum atomic E-state index is 5.26. The van der Waals surface area contributed by atoms with E-state index < -0.39 is 15.9 Å². The van der Waals surface area contributed by atoms with Gasteiger partial charge in [0.2, 0.25) is 0 Å². The summed E-state index contributed by atoms with van der Waals surface area (Å²) in [6, 6.07) is 0. The van der Waals surface area contributed by atoms with Crippen molar-refractivity contribution in [3.8, 4) is 0 Å². The minimum Gasteiger partial charge on any atom is -0.479 e. The average Bonchev–Trinajstić information content (AvgIpc) is 1.84. The molecule has 40 valence electrons. The molecule has 0 aliphatic carbocycles. The van der Waals surface area contributed by atoms with Crippen LogP contribution in [0, 0.1) is 0 Å². The number of hydrogen-bond acceptors (Lipinski definition) is 2. The lowest BCUT2D eigenvalue weighted by Gasteiger charge is -2.15. The summed E-state index contributed by atoms with van der Waals surface area (Å²) in [5.74, 6) is 0. The van der Waals surface area contributed by atoms with Crippen molar-refractivity contribution in [2.24, 2.45) is 0 Å². The summed E-state index contributed by atoms with van der Waals surface area (Å²) < 4.78 is 10.3. The fourth-order valence-corrected chi connectivity index (χ4v) is 1.59. The third-order valence-corrected chi connectivity index (χ3v) is 2.25. The van der Waals surface area contributed by atoms with Crippen molar-refractivity contribution in [1.82, 2.24) is 0 Å². The summed E-state index contributed by atoms with van der Waals surface area (Å²) in [5.41, 5.74) is 0.0340. The zero-order valence-electron chi connectivity index (χ0n) is 4.73. The van der Waals surface area contributed by atoms with E-state index in [-0.39, 0.29) is 5.60 Å². The smallest absolute Gasteiger partial charge is 0.479 e. The molecule has 0 aromatic heterocycles. The molecular weight excluding hydrogens is 107 g/mol. The van der Waals surface area contributed by atoms with Crippen LogP contribution in [0.4, 0.5) is 0 Å². The van der Waals surface area contributed by atoms with Gasteiger partial charge in [-0.1, -0.05) is 0 Å². The zero-order valence-corrected chi connectivity index (χ0v) is 6.14. The molecule has 1 saturated heterocycles. The Labute approximate surface area is 50.2 Å². The Morgan fingerprint density at radius 1 is 1.57 bits per heavy atom. The molecule has 0 amide bonds. The van der Waals surface area contributed by atoms with Crippen molar-refractivity contribution >= 4 is 15.9 Å². The van der Waals surface area contributed by atoms with Gasteiger partial charge in [-0.25, -0.2) is 0 Å². The molecular formula is C4H9AlO2. The first-order chi connectivity index (χ1) is 3.21. The molecule has 1 aliphatic heterocycles. The Morgan fingerprint density at radius 3 is 2.43 bits per heavy atom. The quantitative estimate of drug-likeness (QED) is 0.417. The summed E-state index contributed by atoms with van der Waals surface area (Å²) in [6.45, 7) is 4.89. The van der Waals surface area contributed by atoms with Gasteiger partial charge in [-0.2, -0.15) is 0 Å². The van der Waals surface area contributed by atoms with Crippen LogP contribution in [-0.4, -0.2) is 28.1 Å². The Bertz CT molecular complexity index is 64.1. The van der Waals surface area contributed by atoms with Crippen LogP contribution in [0.15, 0.2) is 0 Å². The van der Waals surface area contributed by atoms with Gasteiger partial charge in [0.05, 0.1) is 5.60 Å². The lowest BCUT2D eigenvalue weighted by molar-refractivity contribution is 0.139. The monoisotopic (exact) mass is 116 g/mol. The Kier molecular flexibility index (Phi) is 1.40. The van der Waals surface area contributed by atoms with Crippen molar-refractivity contribution in [2.45, 2.75) is 19.4 Å². The van der Waals surface area contributed by atoms with Gasteiger partial charge in [0.1, 0.15) is 0 Å². The SMILES string of the molecule is CC1(C)C[O][AlH][O]1. The highest BCUT2D eigenvalue weighted by Gasteiger charge is 2.25. The third kappa shape index (κ3) is 1.43. The van der Waals surface area contributed by atoms with Gasteiger partial charge >= 0.3 is 15.9 Å². The summed E-state index contributed by atoms with van der Waals surface area (Å²) in [4.78, 5) is 0. The van der Waals surface area contributed by atoms with Crippen LogP contribution in [0.1, 0.15) is 13.8 Å². The van der Waals surface area contributed by atoms with Crippen LogP contribution in [0.2, 0.25) is 0 Å². The van der Waals surface area contributed by atoms with Gasteiger partial charge in [0.25, 0.3) is 0 Å². The molecule has 0 radical (unpaired) electrons. The third-order valence-electron chi connectivity index (χ3n) is 0.983. The van der Waals surface area contributed by atoms with Crippen LogP contribution in [0.5, 0.6) is 0 Å². The van der Waals surface area contributed by atoms with Gasteiger partial charge in [0, 0.05) is 6.61 Å². The highest BCUT2D eigenvalue weighted by molar-refractivity contribution is 6.19. The van der Waals surface area contributed by atoms with E-state index in [0.717, 1.165) is 6.61 Å². The van der Waals surface area contributed by atoms with E-state index in [4.69, 9.17) is 7.58 Å². The van der Waals surface area contributed by atoms with Gasteiger partial charge in [0.15, 0.2) is 0 Å². The van der Waals surface area contributed by atoms with E-state index in [1.807, 2.05) is 13.8 Å². The van der Waals surface area contributed by atoms with E-state index in [2.05, 4.69) is 0 Å². The first kappa shape index (κ1) is 5.59. The highest BCUT2D eigenvalue weighted by atomic mass is 27.2. The standard InChI is InChI=1S/C4H8O2.Al.H/c1-4(2,6)3-5;;/h3H2,1-2H3;;/q-2;+2;. The molecule has 7 heavy (non-hydrogen) atoms. The fraction of sp³-hybridized carbons (Fsp3) is 1.00. The summed E-state index contributed by atoms with van der Waals surface area (Å²) in [5, 5.41) is 0. The molecule has 0 atom stereocenters. The highest BCUT2D eigenvalue weighted by Crippen LogP contribution is 2.13. The predicted molar refractivity (Wildman–Crippen MR) is 28.3 cm³/mol. The lowest BCUT2D eigenvalue weighted by Crippen LogP contribution is -2.21. The van der Waals surface area contributed by atoms with Crippen molar-refractivity contribution in [3.63, 3.8) is 0 Å². The maximum Gasteiger partial charge on any atom is 0.650 e. The second kappa shape index (κ2) is 1.76. The molecule has 3 heteroatoms. The first-order valence-electron chi connectivity index (χ1n) is 2.42. The molecule has 0 saturated carbocycles. The van der Waals surface area contributed by atoms with Crippen LogP contribution in [-0.2, 0) is 7.58 Å². The fourth-order valence-electron chi connectivity index (χ4n) is 0.530. The summed E-state index contributed by atoms with van der Waals surface area (Å²) >= 11 is -0.561. The Balaban J connectivity index is 2.40. The predicted octanol–water partition coefficient (Wildman–Crippen LogP) is 0.0783. The average molecular weight is 116 g/mol. The van der Waals surface area contributed by atoms with Crippen molar-refractivity contribution in [3.05, 3.63) is 0 Å². The van der Waals surface area contributed by atoms with Crippen LogP contribution < -0.4 is 0 Å². The molecule has 1 heterocycles. The maximum absolute atomic E-state index is 5.26. The van der Waals surface area contributed by atoms with Crippen molar-refractivity contribution < 1.29 is 7.58 Å². The van der Waals surface area contributed by atoms with Crippen LogP contribution in [0.25, 0.3) is 0 Å². The second-order valence-corrected chi connectivity index (χ2v) is 3.30. The van der Waals surface area contributed by atoms with Crippen LogP contribution in [0.3, 0.4) is 0 Å². The minimum absolute atomic E-state index is 0.0340. The van der Waals surface area contributed by atoms with Crippen LogP contribution >= 0.6 is 0 Å². The molecule has 1 fully saturated rings. The molecule has 2 nitrogen and oxygen atoms in total. The van der Waals surface area contributed by atoms with Crippen molar-refractivity contribution in [2.75, 3.05) is 6.61 Å². The first-order valence-corrected chi connectivity index (χ1v) is 3.58. The van der Waals surface area contributed by atoms with E-state index in [9.17, 15) is 0 Å². The van der Waals surface area contributed by atoms with Gasteiger partial charge in [-0.3, -0.25) is 0 Å². The molecule has 0 aromatic carbocycles. The molecule has 0 spiro atoms.